The van der Waals surface area contributed by atoms with E-state index in [-0.39, 0.29) is 6.10 Å². The van der Waals surface area contributed by atoms with Crippen molar-refractivity contribution in [2.75, 3.05) is 6.61 Å². The molecule has 0 bridgehead atoms. The molecular weight excluding hydrogens is 348 g/mol. The van der Waals surface area contributed by atoms with E-state index >= 15 is 0 Å². The van der Waals surface area contributed by atoms with Gasteiger partial charge in [-0.1, -0.05) is 84.9 Å². The van der Waals surface area contributed by atoms with Gasteiger partial charge in [0.15, 0.2) is 0 Å². The number of rotatable bonds is 9. The summed E-state index contributed by atoms with van der Waals surface area (Å²) in [6, 6.07) is 31.0. The van der Waals surface area contributed by atoms with Crippen molar-refractivity contribution in [2.45, 2.75) is 19.1 Å². The fraction of sp³-hybridized carbons (Fsp3) is 0.167. The SMILES string of the molecule is C=CCC(COc1ccccc1)O[Si](C)(c1ccccc1)c1ccccc1. The molecule has 0 aliphatic rings. The van der Waals surface area contributed by atoms with Crippen LogP contribution in [-0.2, 0) is 4.43 Å². The van der Waals surface area contributed by atoms with Crippen molar-refractivity contribution < 1.29 is 9.16 Å². The third-order valence-corrected chi connectivity index (χ3v) is 8.34. The maximum absolute atomic E-state index is 6.81. The minimum Gasteiger partial charge on any atom is -0.491 e. The summed E-state index contributed by atoms with van der Waals surface area (Å²) in [6.45, 7) is 6.67. The Kier molecular flexibility index (Phi) is 6.63. The van der Waals surface area contributed by atoms with Gasteiger partial charge in [0.05, 0.1) is 6.10 Å². The average molecular weight is 375 g/mol. The Balaban J connectivity index is 1.85. The van der Waals surface area contributed by atoms with E-state index in [2.05, 4.69) is 61.7 Å². The van der Waals surface area contributed by atoms with Gasteiger partial charge in [0.1, 0.15) is 12.4 Å². The number of para-hydroxylation sites is 1. The molecule has 27 heavy (non-hydrogen) atoms. The van der Waals surface area contributed by atoms with Crippen LogP contribution in [0.3, 0.4) is 0 Å². The van der Waals surface area contributed by atoms with Crippen LogP contribution >= 0.6 is 0 Å². The molecular formula is C24H26O2Si. The van der Waals surface area contributed by atoms with Crippen molar-refractivity contribution in [1.29, 1.82) is 0 Å². The Morgan fingerprint density at radius 3 is 1.78 bits per heavy atom. The molecule has 3 heteroatoms. The standard InChI is InChI=1S/C24H26O2Si/c1-3-13-22(20-25-21-14-7-4-8-15-21)26-27(2,23-16-9-5-10-17-23)24-18-11-6-12-19-24/h3-12,14-19,22H,1,13,20H2,2H3. The summed E-state index contributed by atoms with van der Waals surface area (Å²) in [4.78, 5) is 0. The van der Waals surface area contributed by atoms with Gasteiger partial charge in [0.25, 0.3) is 8.32 Å². The minimum absolute atomic E-state index is 0.0558. The van der Waals surface area contributed by atoms with E-state index in [1.54, 1.807) is 0 Å². The van der Waals surface area contributed by atoms with Crippen LogP contribution < -0.4 is 15.1 Å². The molecule has 3 aromatic carbocycles. The van der Waals surface area contributed by atoms with E-state index in [4.69, 9.17) is 9.16 Å². The first-order chi connectivity index (χ1) is 13.2. The molecule has 0 aromatic heterocycles. The van der Waals surface area contributed by atoms with Gasteiger partial charge in [-0.2, -0.15) is 0 Å². The molecule has 2 nitrogen and oxygen atoms in total. The van der Waals surface area contributed by atoms with Crippen molar-refractivity contribution >= 4 is 18.7 Å². The molecule has 138 valence electrons. The number of hydrogen-bond acceptors (Lipinski definition) is 2. The summed E-state index contributed by atoms with van der Waals surface area (Å²) in [7, 11) is -2.37. The zero-order valence-electron chi connectivity index (χ0n) is 15.8. The largest absolute Gasteiger partial charge is 0.491 e. The maximum Gasteiger partial charge on any atom is 0.253 e. The summed E-state index contributed by atoms with van der Waals surface area (Å²) >= 11 is 0. The quantitative estimate of drug-likeness (QED) is 0.408. The van der Waals surface area contributed by atoms with Gasteiger partial charge in [-0.25, -0.2) is 0 Å². The van der Waals surface area contributed by atoms with Crippen LogP contribution in [-0.4, -0.2) is 21.0 Å². The van der Waals surface area contributed by atoms with Crippen molar-refractivity contribution in [3.8, 4) is 5.75 Å². The fourth-order valence-corrected chi connectivity index (χ4v) is 6.28. The minimum atomic E-state index is -2.37. The summed E-state index contributed by atoms with van der Waals surface area (Å²) < 4.78 is 12.8. The lowest BCUT2D eigenvalue weighted by Crippen LogP contribution is -2.60. The Hall–Kier alpha value is -2.62. The Morgan fingerprint density at radius 2 is 1.30 bits per heavy atom. The van der Waals surface area contributed by atoms with E-state index < -0.39 is 8.32 Å². The van der Waals surface area contributed by atoms with Crippen molar-refractivity contribution in [2.24, 2.45) is 0 Å². The van der Waals surface area contributed by atoms with E-state index in [0.29, 0.717) is 6.61 Å². The second kappa shape index (κ2) is 9.35. The molecule has 0 amide bonds. The molecule has 1 atom stereocenters. The predicted octanol–water partition coefficient (Wildman–Crippen LogP) is 4.42. The van der Waals surface area contributed by atoms with Gasteiger partial charge in [0, 0.05) is 0 Å². The van der Waals surface area contributed by atoms with Gasteiger partial charge in [-0.05, 0) is 35.5 Å². The summed E-state index contributed by atoms with van der Waals surface area (Å²) in [6.07, 6.45) is 2.60. The molecule has 3 aromatic rings. The summed E-state index contributed by atoms with van der Waals surface area (Å²) in [5.41, 5.74) is 0. The average Bonchev–Trinajstić information content (AvgIpc) is 2.74. The lowest BCUT2D eigenvalue weighted by Gasteiger charge is -2.33. The molecule has 1 unspecified atom stereocenters. The molecule has 0 heterocycles. The van der Waals surface area contributed by atoms with Gasteiger partial charge in [0.2, 0.25) is 0 Å². The Bertz CT molecular complexity index is 779. The van der Waals surface area contributed by atoms with Crippen LogP contribution in [0, 0.1) is 0 Å². The summed E-state index contributed by atoms with van der Waals surface area (Å²) in [5, 5.41) is 2.51. The van der Waals surface area contributed by atoms with E-state index in [0.717, 1.165) is 12.2 Å². The molecule has 3 rings (SSSR count). The lowest BCUT2D eigenvalue weighted by molar-refractivity contribution is 0.128. The van der Waals surface area contributed by atoms with Crippen LogP contribution in [0.5, 0.6) is 5.75 Å². The monoisotopic (exact) mass is 374 g/mol. The highest BCUT2D eigenvalue weighted by Crippen LogP contribution is 2.16. The first-order valence-electron chi connectivity index (χ1n) is 9.30. The smallest absolute Gasteiger partial charge is 0.253 e. The predicted molar refractivity (Wildman–Crippen MR) is 115 cm³/mol. The number of benzene rings is 3. The second-order valence-electron chi connectivity index (χ2n) is 6.65. The molecule has 0 aliphatic heterocycles. The lowest BCUT2D eigenvalue weighted by atomic mass is 10.3. The topological polar surface area (TPSA) is 18.5 Å². The van der Waals surface area contributed by atoms with E-state index in [9.17, 15) is 0 Å². The van der Waals surface area contributed by atoms with E-state index in [1.165, 1.54) is 10.4 Å². The third-order valence-electron chi connectivity index (χ3n) is 4.66. The van der Waals surface area contributed by atoms with Gasteiger partial charge >= 0.3 is 0 Å². The molecule has 0 saturated carbocycles. The Labute approximate surface area is 163 Å². The summed E-state index contributed by atoms with van der Waals surface area (Å²) in [5.74, 6) is 0.859. The van der Waals surface area contributed by atoms with Crippen molar-refractivity contribution in [3.63, 3.8) is 0 Å². The van der Waals surface area contributed by atoms with Gasteiger partial charge in [-0.15, -0.1) is 6.58 Å². The molecule has 0 saturated heterocycles. The molecule has 0 fully saturated rings. The van der Waals surface area contributed by atoms with Gasteiger partial charge < -0.3 is 9.16 Å². The van der Waals surface area contributed by atoms with Crippen molar-refractivity contribution in [1.82, 2.24) is 0 Å². The molecule has 0 aliphatic carbocycles. The van der Waals surface area contributed by atoms with Gasteiger partial charge in [-0.3, -0.25) is 0 Å². The molecule has 0 spiro atoms. The maximum atomic E-state index is 6.81. The molecule has 0 radical (unpaired) electrons. The fourth-order valence-electron chi connectivity index (χ4n) is 3.19. The molecule has 0 N–H and O–H groups in total. The second-order valence-corrected chi connectivity index (χ2v) is 10.1. The Morgan fingerprint density at radius 1 is 0.815 bits per heavy atom. The number of ether oxygens (including phenoxy) is 1. The zero-order valence-corrected chi connectivity index (χ0v) is 16.8. The van der Waals surface area contributed by atoms with Crippen molar-refractivity contribution in [3.05, 3.63) is 104 Å². The highest BCUT2D eigenvalue weighted by molar-refractivity contribution is 6.96. The van der Waals surface area contributed by atoms with Crippen LogP contribution in [0.4, 0.5) is 0 Å². The highest BCUT2D eigenvalue weighted by Gasteiger charge is 2.36. The first kappa shape index (κ1) is 19.1. The highest BCUT2D eigenvalue weighted by atomic mass is 28.4. The first-order valence-corrected chi connectivity index (χ1v) is 11.7. The number of hydrogen-bond donors (Lipinski definition) is 0. The van der Waals surface area contributed by atoms with Crippen LogP contribution in [0.2, 0.25) is 6.55 Å². The van der Waals surface area contributed by atoms with Crippen LogP contribution in [0.25, 0.3) is 0 Å². The van der Waals surface area contributed by atoms with Crippen LogP contribution in [0.1, 0.15) is 6.42 Å². The third kappa shape index (κ3) is 4.97. The zero-order chi connectivity index (χ0) is 19.0. The normalized spacial score (nSPS) is 12.3. The van der Waals surface area contributed by atoms with Crippen LogP contribution in [0.15, 0.2) is 104 Å². The van der Waals surface area contributed by atoms with E-state index in [1.807, 2.05) is 48.5 Å².